The second-order valence-corrected chi connectivity index (χ2v) is 13.0. The molecule has 0 saturated heterocycles. The Balaban J connectivity index is 1.45. The fraction of sp³-hybridized carbons (Fsp3) is 0.400. The summed E-state index contributed by atoms with van der Waals surface area (Å²) in [7, 11) is -4.58. The molecule has 0 amide bonds. The fourth-order valence-corrected chi connectivity index (χ4v) is 6.93. The van der Waals surface area contributed by atoms with Gasteiger partial charge in [0.2, 0.25) is 0 Å². The first kappa shape index (κ1) is 33.5. The lowest BCUT2D eigenvalue weighted by atomic mass is 9.81. The first-order chi connectivity index (χ1) is 21.7. The number of nitrogens with one attached hydrogen (secondary N) is 2. The van der Waals surface area contributed by atoms with Crippen LogP contribution in [0.4, 0.5) is 37.8 Å². The molecule has 2 aromatic carbocycles. The summed E-state index contributed by atoms with van der Waals surface area (Å²) in [5, 5.41) is 8.00. The van der Waals surface area contributed by atoms with Crippen molar-refractivity contribution in [2.45, 2.75) is 68.8 Å². The van der Waals surface area contributed by atoms with Crippen molar-refractivity contribution in [1.29, 1.82) is 0 Å². The van der Waals surface area contributed by atoms with Crippen LogP contribution in [-0.4, -0.2) is 48.7 Å². The van der Waals surface area contributed by atoms with Crippen LogP contribution in [0.25, 0.3) is 22.2 Å². The Morgan fingerprint density at radius 3 is 2.39 bits per heavy atom. The molecule has 1 aliphatic carbocycles. The molecule has 248 valence electrons. The minimum atomic E-state index is -4.68. The van der Waals surface area contributed by atoms with E-state index in [1.165, 1.54) is 12.1 Å². The number of nitrogen functional groups attached to an aromatic ring is 1. The smallest absolute Gasteiger partial charge is 0.383 e. The molecule has 0 radical (unpaired) electrons. The highest BCUT2D eigenvalue weighted by atomic mass is 32.2. The highest BCUT2D eigenvalue weighted by Gasteiger charge is 2.31. The van der Waals surface area contributed by atoms with E-state index in [1.54, 1.807) is 10.9 Å². The number of pyridine rings is 1. The molecule has 4 N–H and O–H groups in total. The van der Waals surface area contributed by atoms with Gasteiger partial charge in [0.05, 0.1) is 23.2 Å². The number of rotatable bonds is 10. The lowest BCUT2D eigenvalue weighted by molar-refractivity contribution is -0.323. The number of anilines is 2. The second kappa shape index (κ2) is 13.1. The lowest BCUT2D eigenvalue weighted by Gasteiger charge is -2.30. The number of nitrogens with two attached hydrogens (primary N) is 1. The zero-order valence-electron chi connectivity index (χ0n) is 24.8. The number of hydrogen-bond donors (Lipinski definition) is 3. The van der Waals surface area contributed by atoms with Gasteiger partial charge in [-0.05, 0) is 69.2 Å². The van der Waals surface area contributed by atoms with Crippen molar-refractivity contribution in [3.63, 3.8) is 0 Å². The summed E-state index contributed by atoms with van der Waals surface area (Å²) in [6.07, 6.45) is -0.337. The molecule has 0 unspecified atom stereocenters. The van der Waals surface area contributed by atoms with Gasteiger partial charge in [0.15, 0.2) is 0 Å². The number of hydrogen-bond acceptors (Lipinski definition) is 7. The van der Waals surface area contributed by atoms with Crippen molar-refractivity contribution in [2.75, 3.05) is 23.6 Å². The van der Waals surface area contributed by atoms with E-state index in [1.807, 2.05) is 18.6 Å². The number of nitrogens with zero attached hydrogens (tertiary/aromatic N) is 3. The van der Waals surface area contributed by atoms with E-state index >= 15 is 8.78 Å². The van der Waals surface area contributed by atoms with E-state index in [2.05, 4.69) is 20.1 Å². The van der Waals surface area contributed by atoms with Crippen molar-refractivity contribution in [3.05, 3.63) is 65.6 Å². The third-order valence-electron chi connectivity index (χ3n) is 7.92. The standard InChI is InChI=1S/C30H32F6N6O3S/c1-16(2)42-28-20(17-7-9-18(10-8-17)38-11-12-45-30(34,35)36)15-39-29(37)26(28)27(40-42)19-13-23(33)24(14-22(19)32)41-46(43,44)25-6-4-3-5-21(25)31/h3-6,13-18,38,41H,7-12H2,1-2H3,(H2,37,39)/t17-,18-. The molecule has 0 bridgehead atoms. The molecule has 2 aromatic heterocycles. The number of benzene rings is 2. The highest BCUT2D eigenvalue weighted by Crippen LogP contribution is 2.42. The average molecular weight is 671 g/mol. The Morgan fingerprint density at radius 2 is 1.74 bits per heavy atom. The Bertz CT molecular complexity index is 1840. The number of alkyl halides is 3. The van der Waals surface area contributed by atoms with E-state index in [9.17, 15) is 26.0 Å². The van der Waals surface area contributed by atoms with Crippen LogP contribution < -0.4 is 15.8 Å². The number of sulfonamides is 1. The van der Waals surface area contributed by atoms with Crippen LogP contribution in [0.3, 0.4) is 0 Å². The van der Waals surface area contributed by atoms with E-state index in [4.69, 9.17) is 5.73 Å². The van der Waals surface area contributed by atoms with Crippen LogP contribution in [0.2, 0.25) is 0 Å². The summed E-state index contributed by atoms with van der Waals surface area (Å²) < 4.78 is 115. The molecule has 0 atom stereocenters. The summed E-state index contributed by atoms with van der Waals surface area (Å²) in [5.74, 6) is -3.17. The molecular formula is C30H32F6N6O3S. The topological polar surface area (TPSA) is 124 Å². The van der Waals surface area contributed by atoms with Crippen LogP contribution in [0.5, 0.6) is 0 Å². The van der Waals surface area contributed by atoms with Gasteiger partial charge in [0.25, 0.3) is 10.0 Å². The van der Waals surface area contributed by atoms with Crippen molar-refractivity contribution >= 4 is 32.4 Å². The Kier molecular flexibility index (Phi) is 9.52. The third-order valence-corrected chi connectivity index (χ3v) is 9.32. The summed E-state index contributed by atoms with van der Waals surface area (Å²) in [4.78, 5) is 3.62. The molecule has 46 heavy (non-hydrogen) atoms. The summed E-state index contributed by atoms with van der Waals surface area (Å²) >= 11 is 0. The average Bonchev–Trinajstić information content (AvgIpc) is 3.39. The zero-order chi connectivity index (χ0) is 33.4. The van der Waals surface area contributed by atoms with Crippen LogP contribution in [-0.2, 0) is 14.8 Å². The Labute approximate surface area is 261 Å². The van der Waals surface area contributed by atoms with Crippen LogP contribution in [0.15, 0.2) is 47.5 Å². The molecule has 2 heterocycles. The van der Waals surface area contributed by atoms with Crippen molar-refractivity contribution < 1.29 is 39.5 Å². The summed E-state index contributed by atoms with van der Waals surface area (Å²) in [5.41, 5.74) is 6.69. The molecule has 16 heteroatoms. The van der Waals surface area contributed by atoms with Crippen LogP contribution in [0, 0.1) is 17.5 Å². The van der Waals surface area contributed by atoms with Gasteiger partial charge in [-0.3, -0.25) is 14.1 Å². The SMILES string of the molecule is CC(C)n1nc(-c2cc(F)c(NS(=O)(=O)c3ccccc3F)cc2F)c2c(N)ncc([C@H]3CC[C@H](NCCOC(F)(F)F)CC3)c21. The fourth-order valence-electron chi connectivity index (χ4n) is 5.79. The maximum absolute atomic E-state index is 15.7. The number of halogens is 6. The molecule has 1 aliphatic rings. The summed E-state index contributed by atoms with van der Waals surface area (Å²) in [6.45, 7) is 3.28. The molecule has 5 rings (SSSR count). The van der Waals surface area contributed by atoms with Gasteiger partial charge in [0.1, 0.15) is 33.9 Å². The van der Waals surface area contributed by atoms with E-state index < -0.39 is 51.0 Å². The van der Waals surface area contributed by atoms with Gasteiger partial charge in [-0.1, -0.05) is 12.1 Å². The van der Waals surface area contributed by atoms with Gasteiger partial charge in [0, 0.05) is 36.5 Å². The van der Waals surface area contributed by atoms with Gasteiger partial charge in [-0.15, -0.1) is 13.2 Å². The van der Waals surface area contributed by atoms with Gasteiger partial charge < -0.3 is 11.1 Å². The second-order valence-electron chi connectivity index (χ2n) is 11.4. The molecule has 0 spiro atoms. The van der Waals surface area contributed by atoms with Crippen molar-refractivity contribution in [2.24, 2.45) is 0 Å². The highest BCUT2D eigenvalue weighted by molar-refractivity contribution is 7.92. The van der Waals surface area contributed by atoms with Gasteiger partial charge >= 0.3 is 6.36 Å². The lowest BCUT2D eigenvalue weighted by Crippen LogP contribution is -2.35. The first-order valence-electron chi connectivity index (χ1n) is 14.5. The normalized spacial score (nSPS) is 17.6. The van der Waals surface area contributed by atoms with E-state index in [0.717, 1.165) is 23.8 Å². The Hall–Kier alpha value is -3.89. The number of ether oxygens (including phenoxy) is 1. The maximum Gasteiger partial charge on any atom is 0.522 e. The maximum atomic E-state index is 15.7. The zero-order valence-corrected chi connectivity index (χ0v) is 25.7. The molecule has 4 aromatic rings. The van der Waals surface area contributed by atoms with Crippen LogP contribution >= 0.6 is 0 Å². The third kappa shape index (κ3) is 7.08. The quantitative estimate of drug-likeness (QED) is 0.128. The van der Waals surface area contributed by atoms with Crippen molar-refractivity contribution in [3.8, 4) is 11.3 Å². The minimum absolute atomic E-state index is 0.00211. The van der Waals surface area contributed by atoms with Gasteiger partial charge in [-0.25, -0.2) is 26.6 Å². The molecule has 1 fully saturated rings. The number of fused-ring (bicyclic) bond motifs is 1. The molecule has 1 saturated carbocycles. The molecular weight excluding hydrogens is 638 g/mol. The van der Waals surface area contributed by atoms with E-state index in [-0.39, 0.29) is 41.6 Å². The molecule has 9 nitrogen and oxygen atoms in total. The van der Waals surface area contributed by atoms with E-state index in [0.29, 0.717) is 42.7 Å². The minimum Gasteiger partial charge on any atom is -0.383 e. The predicted octanol–water partition coefficient (Wildman–Crippen LogP) is 6.63. The monoisotopic (exact) mass is 670 g/mol. The Morgan fingerprint density at radius 1 is 1.04 bits per heavy atom. The van der Waals surface area contributed by atoms with Gasteiger partial charge in [-0.2, -0.15) is 5.10 Å². The predicted molar refractivity (Wildman–Crippen MR) is 160 cm³/mol. The first-order valence-corrected chi connectivity index (χ1v) is 16.0. The van der Waals surface area contributed by atoms with Crippen LogP contribution in [0.1, 0.15) is 57.1 Å². The summed E-state index contributed by atoms with van der Waals surface area (Å²) in [6, 6.07) is 5.73. The molecule has 0 aliphatic heterocycles. The van der Waals surface area contributed by atoms with Crippen molar-refractivity contribution in [1.82, 2.24) is 20.1 Å². The largest absolute Gasteiger partial charge is 0.522 e. The number of aromatic nitrogens is 3.